The molecular weight excluding hydrogens is 296 g/mol. The van der Waals surface area contributed by atoms with E-state index in [1.165, 1.54) is 0 Å². The minimum Gasteiger partial charge on any atom is -0.352 e. The van der Waals surface area contributed by atoms with Gasteiger partial charge >= 0.3 is 0 Å². The fourth-order valence-electron chi connectivity index (χ4n) is 2.74. The number of hydrogen-bond donors (Lipinski definition) is 0. The molecule has 4 rings (SSSR count). The van der Waals surface area contributed by atoms with Crippen LogP contribution in [0, 0.1) is 6.92 Å². The average molecular weight is 312 g/mol. The highest BCUT2D eigenvalue weighted by atomic mass is 32.1. The van der Waals surface area contributed by atoms with Crippen molar-refractivity contribution < 1.29 is 0 Å². The van der Waals surface area contributed by atoms with E-state index in [1.54, 1.807) is 17.7 Å². The molecule has 0 atom stereocenters. The zero-order valence-corrected chi connectivity index (χ0v) is 13.1. The number of nitrogens with zero attached hydrogens (tertiary/aromatic N) is 6. The van der Waals surface area contributed by atoms with Crippen LogP contribution in [0.4, 0.5) is 11.8 Å². The van der Waals surface area contributed by atoms with Crippen molar-refractivity contribution in [2.24, 2.45) is 0 Å². The summed E-state index contributed by atoms with van der Waals surface area (Å²) in [7, 11) is 0. The topological polar surface area (TPSA) is 58.0 Å². The number of anilines is 2. The number of aromatic nitrogens is 4. The highest BCUT2D eigenvalue weighted by molar-refractivity contribution is 7.16. The molecule has 3 aromatic rings. The number of thiophene rings is 1. The van der Waals surface area contributed by atoms with Crippen molar-refractivity contribution in [1.29, 1.82) is 0 Å². The summed E-state index contributed by atoms with van der Waals surface area (Å²) in [4.78, 5) is 23.3. The van der Waals surface area contributed by atoms with Gasteiger partial charge in [0.15, 0.2) is 0 Å². The predicted molar refractivity (Wildman–Crippen MR) is 88.6 cm³/mol. The van der Waals surface area contributed by atoms with Crippen LogP contribution in [0.2, 0.25) is 0 Å². The fourth-order valence-corrected chi connectivity index (χ4v) is 3.46. The zero-order chi connectivity index (χ0) is 14.9. The molecule has 4 heterocycles. The van der Waals surface area contributed by atoms with Crippen molar-refractivity contribution in [2.45, 2.75) is 6.92 Å². The molecule has 0 unspecified atom stereocenters. The van der Waals surface area contributed by atoms with Gasteiger partial charge in [-0.1, -0.05) is 0 Å². The lowest BCUT2D eigenvalue weighted by atomic mass is 10.3. The number of fused-ring (bicyclic) bond motifs is 1. The highest BCUT2D eigenvalue weighted by Gasteiger charge is 2.21. The summed E-state index contributed by atoms with van der Waals surface area (Å²) < 4.78 is 0. The van der Waals surface area contributed by atoms with Gasteiger partial charge in [-0.25, -0.2) is 19.9 Å². The van der Waals surface area contributed by atoms with Crippen LogP contribution in [0.5, 0.6) is 0 Å². The fraction of sp³-hybridized carbons (Fsp3) is 0.333. The molecular formula is C15H16N6S. The summed E-state index contributed by atoms with van der Waals surface area (Å²) in [6, 6.07) is 4.03. The lowest BCUT2D eigenvalue weighted by Gasteiger charge is -2.35. The van der Waals surface area contributed by atoms with Crippen molar-refractivity contribution in [3.8, 4) is 0 Å². The molecule has 0 amide bonds. The second-order valence-corrected chi connectivity index (χ2v) is 6.20. The van der Waals surface area contributed by atoms with Gasteiger partial charge in [0.05, 0.1) is 5.39 Å². The van der Waals surface area contributed by atoms with Gasteiger partial charge in [-0.15, -0.1) is 11.3 Å². The molecule has 0 N–H and O–H groups in total. The molecule has 6 nitrogen and oxygen atoms in total. The Hall–Kier alpha value is -2.28. The maximum Gasteiger partial charge on any atom is 0.225 e. The standard InChI is InChI=1S/C15H16N6S/c1-11-2-4-16-15(19-11)21-7-5-20(6-8-21)13-12-3-9-22-14(12)18-10-17-13/h2-4,9-10H,5-8H2,1H3. The minimum absolute atomic E-state index is 0.822. The monoisotopic (exact) mass is 312 g/mol. The van der Waals surface area contributed by atoms with Gasteiger partial charge in [-0.3, -0.25) is 0 Å². The van der Waals surface area contributed by atoms with E-state index in [0.29, 0.717) is 0 Å². The first kappa shape index (κ1) is 13.4. The van der Waals surface area contributed by atoms with Crippen molar-refractivity contribution >= 4 is 33.3 Å². The van der Waals surface area contributed by atoms with Crippen LogP contribution in [0.15, 0.2) is 30.0 Å². The number of hydrogen-bond acceptors (Lipinski definition) is 7. The number of aryl methyl sites for hydroxylation is 1. The van der Waals surface area contributed by atoms with E-state index in [2.05, 4.69) is 41.2 Å². The molecule has 3 aromatic heterocycles. The van der Waals surface area contributed by atoms with Gasteiger partial charge in [0.25, 0.3) is 0 Å². The molecule has 0 radical (unpaired) electrons. The Kier molecular flexibility index (Phi) is 3.34. The predicted octanol–water partition coefficient (Wildman–Crippen LogP) is 2.12. The normalized spacial score (nSPS) is 15.5. The third-order valence-corrected chi connectivity index (χ3v) is 4.71. The molecule has 0 aliphatic carbocycles. The molecule has 0 saturated carbocycles. The van der Waals surface area contributed by atoms with Crippen molar-refractivity contribution in [1.82, 2.24) is 19.9 Å². The van der Waals surface area contributed by atoms with E-state index in [4.69, 9.17) is 0 Å². The maximum absolute atomic E-state index is 4.51. The molecule has 0 aromatic carbocycles. The second kappa shape index (κ2) is 5.49. The Morgan fingerprint density at radius 2 is 1.82 bits per heavy atom. The minimum atomic E-state index is 0.822. The Labute approximate surface area is 132 Å². The molecule has 22 heavy (non-hydrogen) atoms. The van der Waals surface area contributed by atoms with Crippen LogP contribution in [-0.4, -0.2) is 46.1 Å². The molecule has 112 valence electrons. The van der Waals surface area contributed by atoms with E-state index in [1.807, 2.05) is 19.2 Å². The maximum atomic E-state index is 4.51. The molecule has 1 aliphatic heterocycles. The van der Waals surface area contributed by atoms with Crippen LogP contribution in [0.25, 0.3) is 10.2 Å². The summed E-state index contributed by atoms with van der Waals surface area (Å²) >= 11 is 1.66. The van der Waals surface area contributed by atoms with E-state index < -0.39 is 0 Å². The first-order chi connectivity index (χ1) is 10.8. The molecule has 1 aliphatic rings. The van der Waals surface area contributed by atoms with E-state index in [-0.39, 0.29) is 0 Å². The summed E-state index contributed by atoms with van der Waals surface area (Å²) in [5.74, 6) is 1.86. The van der Waals surface area contributed by atoms with Crippen molar-refractivity contribution in [3.05, 3.63) is 35.7 Å². The van der Waals surface area contributed by atoms with Crippen molar-refractivity contribution in [2.75, 3.05) is 36.0 Å². The Morgan fingerprint density at radius 1 is 1.00 bits per heavy atom. The van der Waals surface area contributed by atoms with Crippen LogP contribution in [0.1, 0.15) is 5.69 Å². The van der Waals surface area contributed by atoms with Crippen LogP contribution in [0.3, 0.4) is 0 Å². The van der Waals surface area contributed by atoms with E-state index in [0.717, 1.165) is 53.9 Å². The van der Waals surface area contributed by atoms with E-state index >= 15 is 0 Å². The Balaban J connectivity index is 1.53. The molecule has 1 fully saturated rings. The van der Waals surface area contributed by atoms with Gasteiger partial charge in [-0.05, 0) is 24.4 Å². The van der Waals surface area contributed by atoms with Crippen LogP contribution in [-0.2, 0) is 0 Å². The van der Waals surface area contributed by atoms with Gasteiger partial charge in [0.2, 0.25) is 5.95 Å². The SMILES string of the molecule is Cc1ccnc(N2CCN(c3ncnc4sccc34)CC2)n1. The number of rotatable bonds is 2. The van der Waals surface area contributed by atoms with Crippen molar-refractivity contribution in [3.63, 3.8) is 0 Å². The Bertz CT molecular complexity index is 793. The van der Waals surface area contributed by atoms with Crippen LogP contribution >= 0.6 is 11.3 Å². The third kappa shape index (κ3) is 2.37. The lowest BCUT2D eigenvalue weighted by Crippen LogP contribution is -2.47. The smallest absolute Gasteiger partial charge is 0.225 e. The second-order valence-electron chi connectivity index (χ2n) is 5.31. The lowest BCUT2D eigenvalue weighted by molar-refractivity contribution is 0.635. The Morgan fingerprint density at radius 3 is 2.64 bits per heavy atom. The quantitative estimate of drug-likeness (QED) is 0.722. The average Bonchev–Trinajstić information content (AvgIpc) is 3.04. The molecule has 1 saturated heterocycles. The summed E-state index contributed by atoms with van der Waals surface area (Å²) in [5, 5.41) is 3.22. The first-order valence-corrected chi connectivity index (χ1v) is 8.17. The zero-order valence-electron chi connectivity index (χ0n) is 12.3. The molecule has 0 spiro atoms. The van der Waals surface area contributed by atoms with Gasteiger partial charge < -0.3 is 9.80 Å². The number of piperazine rings is 1. The third-order valence-electron chi connectivity index (χ3n) is 3.88. The summed E-state index contributed by atoms with van der Waals surface area (Å²) in [6.07, 6.45) is 3.48. The largest absolute Gasteiger partial charge is 0.352 e. The highest BCUT2D eigenvalue weighted by Crippen LogP contribution is 2.27. The van der Waals surface area contributed by atoms with Gasteiger partial charge in [0.1, 0.15) is 17.0 Å². The molecule has 7 heteroatoms. The van der Waals surface area contributed by atoms with Gasteiger partial charge in [-0.2, -0.15) is 0 Å². The first-order valence-electron chi connectivity index (χ1n) is 7.29. The van der Waals surface area contributed by atoms with E-state index in [9.17, 15) is 0 Å². The van der Waals surface area contributed by atoms with Gasteiger partial charge in [0, 0.05) is 38.1 Å². The summed E-state index contributed by atoms with van der Waals surface area (Å²) in [6.45, 7) is 5.63. The molecule has 0 bridgehead atoms. The van der Waals surface area contributed by atoms with Crippen LogP contribution < -0.4 is 9.80 Å². The summed E-state index contributed by atoms with van der Waals surface area (Å²) in [5.41, 5.74) is 1.00.